The largest absolute Gasteiger partial charge is 0.501 e. The highest BCUT2D eigenvalue weighted by Gasteiger charge is 1.99. The molecule has 2 heteroatoms. The van der Waals surface area contributed by atoms with Gasteiger partial charge in [-0.1, -0.05) is 13.3 Å². The van der Waals surface area contributed by atoms with Crippen LogP contribution in [0.25, 0.3) is 0 Å². The Balaban J connectivity index is 2.49. The Hall–Kier alpha value is -1.36. The predicted octanol–water partition coefficient (Wildman–Crippen LogP) is 2.59. The highest BCUT2D eigenvalue weighted by atomic mass is 16.3. The third-order valence-corrected chi connectivity index (χ3v) is 1.86. The Morgan fingerprint density at radius 3 is 2.77 bits per heavy atom. The standard InChI is InChI=1S/C11H15NO/c1-3-4-9(2)12-10-5-7-11(13)8-6-10/h5,7,9,12-13H,3-4H2,1-2H3. The van der Waals surface area contributed by atoms with Crippen molar-refractivity contribution in [2.75, 3.05) is 5.32 Å². The molecule has 1 aromatic carbocycles. The molecule has 0 radical (unpaired) electrons. The van der Waals surface area contributed by atoms with E-state index in [1.165, 1.54) is 0 Å². The van der Waals surface area contributed by atoms with Gasteiger partial charge in [-0.3, -0.25) is 0 Å². The summed E-state index contributed by atoms with van der Waals surface area (Å²) in [6.45, 7) is 4.29. The summed E-state index contributed by atoms with van der Waals surface area (Å²) < 4.78 is 0. The molecule has 0 fully saturated rings. The van der Waals surface area contributed by atoms with Crippen molar-refractivity contribution in [1.82, 2.24) is 0 Å². The van der Waals surface area contributed by atoms with Crippen molar-refractivity contribution in [3.63, 3.8) is 0 Å². The lowest BCUT2D eigenvalue weighted by atomic mass is 10.2. The minimum absolute atomic E-state index is 0.133. The third-order valence-electron chi connectivity index (χ3n) is 1.86. The van der Waals surface area contributed by atoms with Crippen LogP contribution in [0, 0.1) is 12.1 Å². The zero-order valence-corrected chi connectivity index (χ0v) is 8.09. The van der Waals surface area contributed by atoms with Gasteiger partial charge in [0.25, 0.3) is 0 Å². The van der Waals surface area contributed by atoms with Crippen molar-refractivity contribution < 1.29 is 5.11 Å². The van der Waals surface area contributed by atoms with Crippen LogP contribution in [0.1, 0.15) is 26.7 Å². The predicted molar refractivity (Wildman–Crippen MR) is 53.8 cm³/mol. The average molecular weight is 177 g/mol. The topological polar surface area (TPSA) is 32.3 Å². The van der Waals surface area contributed by atoms with E-state index in [1.807, 2.05) is 0 Å². The van der Waals surface area contributed by atoms with Crippen LogP contribution in [0.3, 0.4) is 0 Å². The van der Waals surface area contributed by atoms with Gasteiger partial charge in [0.2, 0.25) is 0 Å². The Labute approximate surface area is 79.6 Å². The number of anilines is 1. The SMILES string of the molecule is CCCC(C)Nc1c#cc(O)cc1. The molecule has 0 bridgehead atoms. The van der Waals surface area contributed by atoms with E-state index in [1.54, 1.807) is 12.1 Å². The summed E-state index contributed by atoms with van der Waals surface area (Å²) >= 11 is 0. The molecule has 1 atom stereocenters. The van der Waals surface area contributed by atoms with Gasteiger partial charge in [0.1, 0.15) is 0 Å². The summed E-state index contributed by atoms with van der Waals surface area (Å²) in [5, 5.41) is 12.3. The lowest BCUT2D eigenvalue weighted by molar-refractivity contribution is 0.475. The van der Waals surface area contributed by atoms with E-state index in [-0.39, 0.29) is 5.75 Å². The number of aromatic hydroxyl groups is 1. The third kappa shape index (κ3) is 3.25. The quantitative estimate of drug-likeness (QED) is 0.741. The summed E-state index contributed by atoms with van der Waals surface area (Å²) in [4.78, 5) is 0. The molecular formula is C11H15NO. The molecule has 0 aromatic heterocycles. The van der Waals surface area contributed by atoms with Crippen LogP contribution in [0.4, 0.5) is 5.69 Å². The van der Waals surface area contributed by atoms with E-state index in [0.29, 0.717) is 6.04 Å². The van der Waals surface area contributed by atoms with Crippen LogP contribution in [0.15, 0.2) is 12.1 Å². The van der Waals surface area contributed by atoms with Gasteiger partial charge in [0.05, 0.1) is 5.69 Å². The molecule has 0 aliphatic heterocycles. The molecule has 0 amide bonds. The maximum absolute atomic E-state index is 8.98. The fraction of sp³-hybridized carbons (Fsp3) is 0.455. The van der Waals surface area contributed by atoms with Crippen LogP contribution < -0.4 is 5.32 Å². The van der Waals surface area contributed by atoms with E-state index in [9.17, 15) is 0 Å². The van der Waals surface area contributed by atoms with Gasteiger partial charge in [0.15, 0.2) is 5.75 Å². The van der Waals surface area contributed by atoms with Gasteiger partial charge in [-0.2, -0.15) is 0 Å². The first-order valence-electron chi connectivity index (χ1n) is 4.62. The van der Waals surface area contributed by atoms with Crippen LogP contribution in [0.5, 0.6) is 5.75 Å². The Bertz CT molecular complexity index is 243. The highest BCUT2D eigenvalue weighted by molar-refractivity contribution is 5.41. The lowest BCUT2D eigenvalue weighted by Crippen LogP contribution is -2.13. The molecule has 1 aromatic rings. The van der Waals surface area contributed by atoms with Gasteiger partial charge < -0.3 is 10.4 Å². The van der Waals surface area contributed by atoms with E-state index in [4.69, 9.17) is 5.11 Å². The Morgan fingerprint density at radius 2 is 2.23 bits per heavy atom. The first-order valence-corrected chi connectivity index (χ1v) is 4.62. The fourth-order valence-electron chi connectivity index (χ4n) is 1.23. The zero-order chi connectivity index (χ0) is 9.68. The Morgan fingerprint density at radius 1 is 1.46 bits per heavy atom. The summed E-state index contributed by atoms with van der Waals surface area (Å²) in [5.41, 5.74) is 0.888. The van der Waals surface area contributed by atoms with Crippen molar-refractivity contribution in [3.8, 4) is 5.75 Å². The van der Waals surface area contributed by atoms with Gasteiger partial charge >= 0.3 is 0 Å². The molecule has 0 saturated carbocycles. The van der Waals surface area contributed by atoms with E-state index in [0.717, 1.165) is 18.5 Å². The lowest BCUT2D eigenvalue weighted by Gasteiger charge is -2.11. The first-order chi connectivity index (χ1) is 6.22. The van der Waals surface area contributed by atoms with Gasteiger partial charge in [0, 0.05) is 6.04 Å². The second-order valence-electron chi connectivity index (χ2n) is 3.22. The maximum Gasteiger partial charge on any atom is 0.167 e. The molecule has 2 N–H and O–H groups in total. The molecule has 70 valence electrons. The summed E-state index contributed by atoms with van der Waals surface area (Å²) in [6, 6.07) is 9.31. The van der Waals surface area contributed by atoms with E-state index >= 15 is 0 Å². The minimum atomic E-state index is 0.133. The number of nitrogens with one attached hydrogen (secondary N) is 1. The Kier molecular flexibility index (Phi) is 3.45. The van der Waals surface area contributed by atoms with E-state index in [2.05, 4.69) is 31.3 Å². The minimum Gasteiger partial charge on any atom is -0.501 e. The van der Waals surface area contributed by atoms with Gasteiger partial charge in [-0.05, 0) is 37.6 Å². The summed E-state index contributed by atoms with van der Waals surface area (Å²) in [7, 11) is 0. The second-order valence-corrected chi connectivity index (χ2v) is 3.22. The molecular weight excluding hydrogens is 162 g/mol. The van der Waals surface area contributed by atoms with Crippen molar-refractivity contribution in [3.05, 3.63) is 24.3 Å². The van der Waals surface area contributed by atoms with E-state index < -0.39 is 0 Å². The fourth-order valence-corrected chi connectivity index (χ4v) is 1.23. The molecule has 0 heterocycles. The molecule has 2 nitrogen and oxygen atoms in total. The molecule has 0 aliphatic rings. The smallest absolute Gasteiger partial charge is 0.167 e. The average Bonchev–Trinajstić information content (AvgIpc) is 2.09. The number of rotatable bonds is 4. The first kappa shape index (κ1) is 9.73. The number of hydrogen-bond donors (Lipinski definition) is 2. The highest BCUT2D eigenvalue weighted by Crippen LogP contribution is 2.10. The van der Waals surface area contributed by atoms with Crippen LogP contribution in [-0.4, -0.2) is 11.1 Å². The molecule has 1 unspecified atom stereocenters. The van der Waals surface area contributed by atoms with Crippen molar-refractivity contribution in [2.45, 2.75) is 32.7 Å². The molecule has 0 saturated heterocycles. The second kappa shape index (κ2) is 4.61. The zero-order valence-electron chi connectivity index (χ0n) is 8.09. The molecule has 1 rings (SSSR count). The normalized spacial score (nSPS) is 11.8. The summed E-state index contributed by atoms with van der Waals surface area (Å²) in [6.07, 6.45) is 2.30. The van der Waals surface area contributed by atoms with Gasteiger partial charge in [-0.15, -0.1) is 0 Å². The van der Waals surface area contributed by atoms with Crippen LogP contribution in [0.2, 0.25) is 0 Å². The van der Waals surface area contributed by atoms with Crippen LogP contribution >= 0.6 is 0 Å². The van der Waals surface area contributed by atoms with Crippen molar-refractivity contribution >= 4 is 5.69 Å². The van der Waals surface area contributed by atoms with Crippen molar-refractivity contribution in [2.24, 2.45) is 0 Å². The molecule has 0 aliphatic carbocycles. The molecule has 13 heavy (non-hydrogen) atoms. The maximum atomic E-state index is 8.98. The monoisotopic (exact) mass is 177 g/mol. The number of hydrogen-bond acceptors (Lipinski definition) is 2. The summed E-state index contributed by atoms with van der Waals surface area (Å²) in [5.74, 6) is 0.133. The van der Waals surface area contributed by atoms with Crippen LogP contribution in [-0.2, 0) is 0 Å². The van der Waals surface area contributed by atoms with Gasteiger partial charge in [-0.25, -0.2) is 0 Å². The molecule has 0 spiro atoms. The van der Waals surface area contributed by atoms with Crippen molar-refractivity contribution in [1.29, 1.82) is 0 Å².